The molecule has 0 saturated carbocycles. The molecule has 0 aliphatic carbocycles. The highest BCUT2D eigenvalue weighted by molar-refractivity contribution is 6.31. The summed E-state index contributed by atoms with van der Waals surface area (Å²) in [6, 6.07) is 12.6. The van der Waals surface area contributed by atoms with E-state index in [2.05, 4.69) is 20.4 Å². The van der Waals surface area contributed by atoms with Crippen molar-refractivity contribution in [3.05, 3.63) is 59.2 Å². The molecule has 1 amide bonds. The van der Waals surface area contributed by atoms with E-state index in [9.17, 15) is 10.0 Å². The molecule has 1 unspecified atom stereocenters. The van der Waals surface area contributed by atoms with Gasteiger partial charge < -0.3 is 19.6 Å². The minimum absolute atomic E-state index is 0.332. The fraction of sp³-hybridized carbons (Fsp3) is 0.292. The number of piperazine rings is 1. The number of pyridine rings is 1. The molecule has 10 heteroatoms. The maximum Gasteiger partial charge on any atom is 0.277 e. The molecule has 178 valence electrons. The zero-order chi connectivity index (χ0) is 24.1. The summed E-state index contributed by atoms with van der Waals surface area (Å²) < 4.78 is 10.4. The number of nitrogens with one attached hydrogen (secondary N) is 1. The standard InChI is InChI=1S/C24H26ClN5O4/c1-33-18-11-16(12-19(14-18)34-2)24(31)27-15-23(28-32)30-9-7-29(8-10-30)22-5-6-26-21-13-17(25)3-4-20(21)22/h3-6,11-15,23,28,32H,7-10H2,1-2H3. The molecule has 1 aliphatic rings. The molecule has 2 heterocycles. The summed E-state index contributed by atoms with van der Waals surface area (Å²) in [5.74, 6) is 0.534. The lowest BCUT2D eigenvalue weighted by atomic mass is 10.1. The van der Waals surface area contributed by atoms with E-state index in [-0.39, 0.29) is 0 Å². The summed E-state index contributed by atoms with van der Waals surface area (Å²) in [5, 5.41) is 11.4. The third-order valence-electron chi connectivity index (χ3n) is 5.79. The second-order valence-electron chi connectivity index (χ2n) is 7.77. The molecule has 0 radical (unpaired) electrons. The second-order valence-corrected chi connectivity index (χ2v) is 8.21. The molecule has 0 bridgehead atoms. The molecule has 2 aromatic carbocycles. The Morgan fingerprint density at radius 2 is 1.82 bits per heavy atom. The van der Waals surface area contributed by atoms with Crippen molar-refractivity contribution in [3.63, 3.8) is 0 Å². The molecule has 2 N–H and O–H groups in total. The number of fused-ring (bicyclic) bond motifs is 1. The third kappa shape index (κ3) is 5.28. The van der Waals surface area contributed by atoms with Gasteiger partial charge in [-0.05, 0) is 36.4 Å². The van der Waals surface area contributed by atoms with Gasteiger partial charge in [0.25, 0.3) is 5.91 Å². The molecule has 34 heavy (non-hydrogen) atoms. The van der Waals surface area contributed by atoms with E-state index < -0.39 is 12.1 Å². The highest BCUT2D eigenvalue weighted by atomic mass is 35.5. The number of hydroxylamine groups is 1. The Morgan fingerprint density at radius 1 is 1.12 bits per heavy atom. The molecule has 1 atom stereocenters. The molecule has 4 rings (SSSR count). The van der Waals surface area contributed by atoms with Crippen LogP contribution in [0.4, 0.5) is 5.69 Å². The maximum absolute atomic E-state index is 12.6. The van der Waals surface area contributed by atoms with Crippen LogP contribution in [0.15, 0.2) is 53.7 Å². The van der Waals surface area contributed by atoms with Gasteiger partial charge in [-0.3, -0.25) is 14.7 Å². The lowest BCUT2D eigenvalue weighted by Gasteiger charge is -2.38. The molecular formula is C24H26ClN5O4. The van der Waals surface area contributed by atoms with Crippen LogP contribution in [-0.4, -0.2) is 73.8 Å². The maximum atomic E-state index is 12.6. The van der Waals surface area contributed by atoms with Gasteiger partial charge in [0, 0.05) is 66.3 Å². The summed E-state index contributed by atoms with van der Waals surface area (Å²) in [6.45, 7) is 2.77. The predicted molar refractivity (Wildman–Crippen MR) is 132 cm³/mol. The molecular weight excluding hydrogens is 458 g/mol. The van der Waals surface area contributed by atoms with Gasteiger partial charge in [0.05, 0.1) is 19.7 Å². The minimum atomic E-state index is -0.605. The molecule has 1 aromatic heterocycles. The van der Waals surface area contributed by atoms with Crippen LogP contribution in [0.25, 0.3) is 10.9 Å². The number of halogens is 1. The number of anilines is 1. The van der Waals surface area contributed by atoms with E-state index in [1.54, 1.807) is 24.4 Å². The second kappa shape index (κ2) is 10.8. The van der Waals surface area contributed by atoms with Crippen LogP contribution in [0.3, 0.4) is 0 Å². The fourth-order valence-electron chi connectivity index (χ4n) is 3.98. The van der Waals surface area contributed by atoms with Crippen molar-refractivity contribution in [2.45, 2.75) is 6.17 Å². The van der Waals surface area contributed by atoms with Crippen molar-refractivity contribution in [2.24, 2.45) is 4.99 Å². The normalized spacial score (nSPS) is 15.6. The fourth-order valence-corrected chi connectivity index (χ4v) is 4.14. The van der Waals surface area contributed by atoms with Crippen LogP contribution < -0.4 is 19.9 Å². The van der Waals surface area contributed by atoms with E-state index in [0.29, 0.717) is 35.2 Å². The number of methoxy groups -OCH3 is 2. The summed E-state index contributed by atoms with van der Waals surface area (Å²) in [4.78, 5) is 25.4. The number of nitrogens with zero attached hydrogens (tertiary/aromatic N) is 4. The van der Waals surface area contributed by atoms with Crippen LogP contribution in [-0.2, 0) is 0 Å². The summed E-state index contributed by atoms with van der Waals surface area (Å²) in [5.41, 5.74) is 4.52. The summed E-state index contributed by atoms with van der Waals surface area (Å²) in [7, 11) is 3.03. The molecule has 1 aliphatic heterocycles. The van der Waals surface area contributed by atoms with Crippen molar-refractivity contribution in [3.8, 4) is 11.5 Å². The Labute approximate surface area is 202 Å². The first kappa shape index (κ1) is 23.9. The van der Waals surface area contributed by atoms with E-state index in [0.717, 1.165) is 29.7 Å². The number of rotatable bonds is 7. The highest BCUT2D eigenvalue weighted by Crippen LogP contribution is 2.28. The largest absolute Gasteiger partial charge is 0.497 e. The van der Waals surface area contributed by atoms with Gasteiger partial charge in [-0.15, -0.1) is 0 Å². The van der Waals surface area contributed by atoms with E-state index in [1.165, 1.54) is 20.4 Å². The molecule has 3 aromatic rings. The highest BCUT2D eigenvalue weighted by Gasteiger charge is 2.24. The lowest BCUT2D eigenvalue weighted by molar-refractivity contribution is 0.0663. The Morgan fingerprint density at radius 3 is 2.47 bits per heavy atom. The Hall–Kier alpha value is -3.24. The van der Waals surface area contributed by atoms with Crippen molar-refractivity contribution in [1.29, 1.82) is 0 Å². The van der Waals surface area contributed by atoms with Crippen LogP contribution in [0.1, 0.15) is 10.4 Å². The molecule has 0 spiro atoms. The molecule has 1 saturated heterocycles. The van der Waals surface area contributed by atoms with Crippen molar-refractivity contribution < 1.29 is 19.5 Å². The number of carbonyl (C=O) groups excluding carboxylic acids is 1. The number of aliphatic imine (C=N–C) groups is 1. The number of hydrogen-bond acceptors (Lipinski definition) is 8. The molecule has 9 nitrogen and oxygen atoms in total. The van der Waals surface area contributed by atoms with Gasteiger partial charge in [0.15, 0.2) is 0 Å². The van der Waals surface area contributed by atoms with Gasteiger partial charge in [-0.25, -0.2) is 4.99 Å². The topological polar surface area (TPSA) is 99.5 Å². The number of hydrogen-bond donors (Lipinski definition) is 2. The number of aromatic nitrogens is 1. The van der Waals surface area contributed by atoms with Gasteiger partial charge in [-0.2, -0.15) is 5.48 Å². The zero-order valence-corrected chi connectivity index (χ0v) is 19.7. The quantitative estimate of drug-likeness (QED) is 0.390. The van der Waals surface area contributed by atoms with Crippen molar-refractivity contribution >= 4 is 40.3 Å². The first-order valence-corrected chi connectivity index (χ1v) is 11.1. The van der Waals surface area contributed by atoms with E-state index >= 15 is 0 Å². The van der Waals surface area contributed by atoms with Crippen LogP contribution >= 0.6 is 11.6 Å². The van der Waals surface area contributed by atoms with E-state index in [1.807, 2.05) is 29.2 Å². The first-order valence-electron chi connectivity index (χ1n) is 10.8. The van der Waals surface area contributed by atoms with Crippen molar-refractivity contribution in [2.75, 3.05) is 45.3 Å². The van der Waals surface area contributed by atoms with Gasteiger partial charge in [-0.1, -0.05) is 11.6 Å². The van der Waals surface area contributed by atoms with Gasteiger partial charge in [0.1, 0.15) is 17.7 Å². The SMILES string of the molecule is COc1cc(OC)cc(C(=O)N=CC(NO)N2CCN(c3ccnc4cc(Cl)ccc34)CC2)c1. The summed E-state index contributed by atoms with van der Waals surface area (Å²) in [6.07, 6.45) is 2.59. The number of amides is 1. The smallest absolute Gasteiger partial charge is 0.277 e. The number of benzene rings is 2. The Balaban J connectivity index is 1.43. The average Bonchev–Trinajstić information content (AvgIpc) is 2.88. The average molecular weight is 484 g/mol. The van der Waals surface area contributed by atoms with Crippen molar-refractivity contribution in [1.82, 2.24) is 15.4 Å². The first-order chi connectivity index (χ1) is 16.5. The number of carbonyl (C=O) groups is 1. The van der Waals surface area contributed by atoms with Gasteiger partial charge >= 0.3 is 0 Å². The predicted octanol–water partition coefficient (Wildman–Crippen LogP) is 3.24. The van der Waals surface area contributed by atoms with Crippen LogP contribution in [0, 0.1) is 0 Å². The minimum Gasteiger partial charge on any atom is -0.497 e. The summed E-state index contributed by atoms with van der Waals surface area (Å²) >= 11 is 6.11. The Bertz CT molecular complexity index is 1170. The van der Waals surface area contributed by atoms with Crippen LogP contribution in [0.5, 0.6) is 11.5 Å². The monoisotopic (exact) mass is 483 g/mol. The lowest BCUT2D eigenvalue weighted by Crippen LogP contribution is -2.55. The molecule has 1 fully saturated rings. The van der Waals surface area contributed by atoms with E-state index in [4.69, 9.17) is 21.1 Å². The zero-order valence-electron chi connectivity index (χ0n) is 18.9. The number of ether oxygens (including phenoxy) is 2. The Kier molecular flexibility index (Phi) is 7.59. The van der Waals surface area contributed by atoms with Gasteiger partial charge in [0.2, 0.25) is 0 Å². The van der Waals surface area contributed by atoms with Crippen LogP contribution in [0.2, 0.25) is 5.02 Å². The third-order valence-corrected chi connectivity index (χ3v) is 6.03.